The summed E-state index contributed by atoms with van der Waals surface area (Å²) in [7, 11) is 0. The maximum absolute atomic E-state index is 6.31. The summed E-state index contributed by atoms with van der Waals surface area (Å²) in [5.41, 5.74) is 0.795. The van der Waals surface area contributed by atoms with Crippen molar-refractivity contribution in [1.29, 1.82) is 0 Å². The van der Waals surface area contributed by atoms with Gasteiger partial charge in [0, 0.05) is 11.6 Å². The van der Waals surface area contributed by atoms with Crippen LogP contribution in [0.25, 0.3) is 0 Å². The summed E-state index contributed by atoms with van der Waals surface area (Å²) in [5, 5.41) is 8.90. The van der Waals surface area contributed by atoms with E-state index in [-0.39, 0.29) is 28.8 Å². The van der Waals surface area contributed by atoms with Gasteiger partial charge in [-0.1, -0.05) is 39.3 Å². The molecule has 2 unspecified atom stereocenters. The molecular weight excluding hydrogens is 362 g/mol. The third-order valence-electron chi connectivity index (χ3n) is 6.14. The Morgan fingerprint density at radius 2 is 1.62 bits per heavy atom. The van der Waals surface area contributed by atoms with Gasteiger partial charge < -0.3 is 9.47 Å². The van der Waals surface area contributed by atoms with Crippen LogP contribution < -0.4 is 0 Å². The highest BCUT2D eigenvalue weighted by Crippen LogP contribution is 2.31. The molecule has 0 aromatic carbocycles. The van der Waals surface area contributed by atoms with Gasteiger partial charge in [0.1, 0.15) is 0 Å². The van der Waals surface area contributed by atoms with E-state index in [9.17, 15) is 0 Å². The molecule has 0 N–H and O–H groups in total. The first-order chi connectivity index (χ1) is 13.2. The van der Waals surface area contributed by atoms with Crippen LogP contribution >= 0.6 is 0 Å². The molecule has 0 bridgehead atoms. The molecule has 170 valence electrons. The Labute approximate surface area is 179 Å². The van der Waals surface area contributed by atoms with Crippen molar-refractivity contribution >= 4 is 0 Å². The summed E-state index contributed by atoms with van der Waals surface area (Å²) in [6.45, 7) is 24.7. The van der Waals surface area contributed by atoms with Crippen LogP contribution in [0.2, 0.25) is 0 Å². The minimum atomic E-state index is -0.201. The molecule has 0 aliphatic carbocycles. The van der Waals surface area contributed by atoms with Crippen molar-refractivity contribution in [1.82, 2.24) is 15.0 Å². The van der Waals surface area contributed by atoms with Gasteiger partial charge in [-0.25, -0.2) is 4.68 Å². The average molecular weight is 410 g/mol. The Kier molecular flexibility index (Phi) is 9.35. The van der Waals surface area contributed by atoms with Gasteiger partial charge in [0.25, 0.3) is 0 Å². The van der Waals surface area contributed by atoms with Gasteiger partial charge in [-0.3, -0.25) is 0 Å². The van der Waals surface area contributed by atoms with E-state index in [1.54, 1.807) is 0 Å². The van der Waals surface area contributed by atoms with Crippen molar-refractivity contribution < 1.29 is 9.47 Å². The lowest BCUT2D eigenvalue weighted by molar-refractivity contribution is -0.105. The van der Waals surface area contributed by atoms with Crippen molar-refractivity contribution in [2.24, 2.45) is 5.92 Å². The second kappa shape index (κ2) is 10.4. The Hall–Kier alpha value is -0.940. The van der Waals surface area contributed by atoms with Crippen LogP contribution in [0.15, 0.2) is 6.20 Å². The van der Waals surface area contributed by atoms with Crippen LogP contribution in [0.3, 0.4) is 0 Å². The van der Waals surface area contributed by atoms with Crippen molar-refractivity contribution in [3.05, 3.63) is 11.9 Å². The SMILES string of the molecule is CCCC(C)(C)c1cn(C(C)CC(C)C(C)(C)OCCC(C)(C)OC(C)C)nn1. The average Bonchev–Trinajstić information content (AvgIpc) is 3.03. The fourth-order valence-corrected chi connectivity index (χ4v) is 3.86. The Balaban J connectivity index is 2.62. The van der Waals surface area contributed by atoms with Crippen molar-refractivity contribution in [2.75, 3.05) is 6.61 Å². The minimum absolute atomic E-state index is 0.0750. The van der Waals surface area contributed by atoms with Crippen LogP contribution in [-0.4, -0.2) is 38.9 Å². The number of nitrogens with zero attached hydrogens (tertiary/aromatic N) is 3. The molecule has 0 spiro atoms. The van der Waals surface area contributed by atoms with E-state index >= 15 is 0 Å². The van der Waals surface area contributed by atoms with Gasteiger partial charge in [-0.05, 0) is 73.6 Å². The molecule has 29 heavy (non-hydrogen) atoms. The fourth-order valence-electron chi connectivity index (χ4n) is 3.86. The van der Waals surface area contributed by atoms with Gasteiger partial charge in [0.05, 0.1) is 35.6 Å². The molecule has 0 saturated carbocycles. The van der Waals surface area contributed by atoms with Crippen molar-refractivity contribution in [3.8, 4) is 0 Å². The fraction of sp³-hybridized carbons (Fsp3) is 0.917. The molecular formula is C24H47N3O2. The molecule has 0 fully saturated rings. The van der Waals surface area contributed by atoms with Gasteiger partial charge in [-0.15, -0.1) is 5.10 Å². The highest BCUT2D eigenvalue weighted by Gasteiger charge is 2.31. The molecule has 1 heterocycles. The first kappa shape index (κ1) is 26.1. The van der Waals surface area contributed by atoms with Gasteiger partial charge in [0.2, 0.25) is 0 Å². The van der Waals surface area contributed by atoms with Crippen LogP contribution in [0.1, 0.15) is 114 Å². The van der Waals surface area contributed by atoms with E-state index in [4.69, 9.17) is 9.47 Å². The number of ether oxygens (including phenoxy) is 2. The normalized spacial score (nSPS) is 15.7. The Morgan fingerprint density at radius 3 is 2.17 bits per heavy atom. The van der Waals surface area contributed by atoms with E-state index in [0.29, 0.717) is 12.5 Å². The summed E-state index contributed by atoms with van der Waals surface area (Å²) in [4.78, 5) is 0. The number of hydrogen-bond acceptors (Lipinski definition) is 4. The predicted molar refractivity (Wildman–Crippen MR) is 121 cm³/mol. The quantitative estimate of drug-likeness (QED) is 0.382. The molecule has 5 nitrogen and oxygen atoms in total. The summed E-state index contributed by atoms with van der Waals surface area (Å²) in [6, 6.07) is 0.285. The summed E-state index contributed by atoms with van der Waals surface area (Å²) in [5.74, 6) is 0.392. The minimum Gasteiger partial charge on any atom is -0.375 e. The zero-order valence-electron chi connectivity index (χ0n) is 21.0. The Morgan fingerprint density at radius 1 is 1.00 bits per heavy atom. The van der Waals surface area contributed by atoms with E-state index in [2.05, 4.69) is 92.7 Å². The molecule has 1 aromatic heterocycles. The zero-order valence-corrected chi connectivity index (χ0v) is 21.0. The van der Waals surface area contributed by atoms with Crippen LogP contribution in [0, 0.1) is 5.92 Å². The third-order valence-corrected chi connectivity index (χ3v) is 6.14. The van der Waals surface area contributed by atoms with Crippen molar-refractivity contribution in [3.63, 3.8) is 0 Å². The number of hydrogen-bond donors (Lipinski definition) is 0. The largest absolute Gasteiger partial charge is 0.375 e. The van der Waals surface area contributed by atoms with Crippen LogP contribution in [0.5, 0.6) is 0 Å². The second-order valence-corrected chi connectivity index (χ2v) is 10.8. The van der Waals surface area contributed by atoms with Crippen LogP contribution in [-0.2, 0) is 14.9 Å². The maximum Gasteiger partial charge on any atom is 0.0883 e. The van der Waals surface area contributed by atoms with Crippen molar-refractivity contribution in [2.45, 2.75) is 131 Å². The highest BCUT2D eigenvalue weighted by molar-refractivity contribution is 5.08. The monoisotopic (exact) mass is 409 g/mol. The molecule has 0 aliphatic heterocycles. The highest BCUT2D eigenvalue weighted by atomic mass is 16.5. The van der Waals surface area contributed by atoms with Crippen LogP contribution in [0.4, 0.5) is 0 Å². The lowest BCUT2D eigenvalue weighted by Crippen LogP contribution is -2.37. The summed E-state index contributed by atoms with van der Waals surface area (Å²) >= 11 is 0. The summed E-state index contributed by atoms with van der Waals surface area (Å²) in [6.07, 6.45) is 6.51. The smallest absolute Gasteiger partial charge is 0.0883 e. The zero-order chi connectivity index (χ0) is 22.5. The number of aromatic nitrogens is 3. The maximum atomic E-state index is 6.31. The molecule has 0 saturated heterocycles. The standard InChI is InChI=1S/C24H47N3O2/c1-12-13-22(6,7)21-17-27(26-25-21)20(5)16-19(4)24(10,11)28-15-14-23(8,9)29-18(2)3/h17-20H,12-16H2,1-11H3. The topological polar surface area (TPSA) is 49.2 Å². The van der Waals surface area contributed by atoms with Gasteiger partial charge in [0.15, 0.2) is 0 Å². The molecule has 1 aromatic rings. The molecule has 0 amide bonds. The predicted octanol–water partition coefficient (Wildman–Crippen LogP) is 6.33. The number of rotatable bonds is 13. The molecule has 0 aliphatic rings. The Bertz CT molecular complexity index is 605. The van der Waals surface area contributed by atoms with Gasteiger partial charge in [-0.2, -0.15) is 0 Å². The second-order valence-electron chi connectivity index (χ2n) is 10.8. The molecule has 2 atom stereocenters. The third kappa shape index (κ3) is 8.37. The molecule has 5 heteroatoms. The van der Waals surface area contributed by atoms with E-state index in [1.165, 1.54) is 0 Å². The summed E-state index contributed by atoms with van der Waals surface area (Å²) < 4.78 is 14.3. The first-order valence-electron chi connectivity index (χ1n) is 11.4. The van der Waals surface area contributed by atoms with E-state index in [1.807, 2.05) is 4.68 Å². The lowest BCUT2D eigenvalue weighted by atomic mass is 9.85. The molecule has 0 radical (unpaired) electrons. The van der Waals surface area contributed by atoms with E-state index < -0.39 is 0 Å². The lowest BCUT2D eigenvalue weighted by Gasteiger charge is -2.35. The van der Waals surface area contributed by atoms with Gasteiger partial charge >= 0.3 is 0 Å². The first-order valence-corrected chi connectivity index (χ1v) is 11.4. The van der Waals surface area contributed by atoms with E-state index in [0.717, 1.165) is 31.4 Å². The molecule has 1 rings (SSSR count).